The van der Waals surface area contributed by atoms with Crippen molar-refractivity contribution < 1.29 is 9.53 Å². The number of aromatic nitrogens is 2. The number of amides is 1. The number of fused-ring (bicyclic) bond motifs is 1. The van der Waals surface area contributed by atoms with Crippen molar-refractivity contribution in [3.05, 3.63) is 86.6 Å². The maximum absolute atomic E-state index is 12.2. The summed E-state index contributed by atoms with van der Waals surface area (Å²) in [5.41, 5.74) is 3.34. The number of nitrogens with zero attached hydrogens (tertiary/aromatic N) is 2. The molecule has 9 heteroatoms. The molecular weight excluding hydrogens is 527 g/mol. The number of nitrogens with one attached hydrogen (secondary N) is 2. The molecule has 3 aromatic carbocycles. The van der Waals surface area contributed by atoms with Crippen molar-refractivity contribution in [3.8, 4) is 11.8 Å². The number of carbonyl (C=O) groups is 1. The lowest BCUT2D eigenvalue weighted by atomic mass is 10.1. The molecule has 1 aromatic heterocycles. The number of carbonyl (C=O) groups excluding carboxylic acids is 1. The average Bonchev–Trinajstić information content (AvgIpc) is 3.23. The average molecular weight is 542 g/mol. The van der Waals surface area contributed by atoms with Crippen LogP contribution < -0.4 is 10.1 Å². The summed E-state index contributed by atoms with van der Waals surface area (Å²) < 4.78 is 6.25. The molecule has 4 aromatic rings. The number of H-pyrrole nitrogens is 1. The van der Waals surface area contributed by atoms with E-state index < -0.39 is 0 Å². The van der Waals surface area contributed by atoms with E-state index in [0.717, 1.165) is 16.6 Å². The summed E-state index contributed by atoms with van der Waals surface area (Å²) in [4.78, 5) is 19.8. The van der Waals surface area contributed by atoms with Gasteiger partial charge in [0.1, 0.15) is 17.6 Å². The molecule has 0 aliphatic rings. The number of para-hydroxylation sites is 2. The van der Waals surface area contributed by atoms with Gasteiger partial charge in [-0.2, -0.15) is 5.26 Å². The Morgan fingerprint density at radius 3 is 2.70 bits per heavy atom. The Bertz CT molecular complexity index is 1390. The first-order chi connectivity index (χ1) is 15.9. The van der Waals surface area contributed by atoms with E-state index in [1.54, 1.807) is 42.5 Å². The molecule has 0 saturated heterocycles. The Morgan fingerprint density at radius 2 is 1.97 bits per heavy atom. The molecule has 2 N–H and O–H groups in total. The zero-order valence-corrected chi connectivity index (χ0v) is 20.0. The topological polar surface area (TPSA) is 90.8 Å². The van der Waals surface area contributed by atoms with Crippen molar-refractivity contribution in [3.63, 3.8) is 0 Å². The van der Waals surface area contributed by atoms with Crippen LogP contribution in [0.4, 0.5) is 5.69 Å². The van der Waals surface area contributed by atoms with E-state index in [-0.39, 0.29) is 12.5 Å². The van der Waals surface area contributed by atoms with E-state index in [2.05, 4.69) is 37.3 Å². The Balaban J connectivity index is 1.44. The molecular formula is C24H15BrCl2N4O2. The summed E-state index contributed by atoms with van der Waals surface area (Å²) in [5, 5.41) is 13.1. The molecule has 1 heterocycles. The minimum Gasteiger partial charge on any atom is -0.483 e. The van der Waals surface area contributed by atoms with Gasteiger partial charge in [0, 0.05) is 5.69 Å². The van der Waals surface area contributed by atoms with Crippen molar-refractivity contribution in [2.24, 2.45) is 0 Å². The summed E-state index contributed by atoms with van der Waals surface area (Å²) in [5.74, 6) is 0.633. The number of allylic oxidation sites excluding steroid dienone is 1. The third-order valence-corrected chi connectivity index (χ3v) is 5.95. The van der Waals surface area contributed by atoms with Gasteiger partial charge in [0.25, 0.3) is 5.91 Å². The number of imidazole rings is 1. The Kier molecular flexibility index (Phi) is 6.99. The molecule has 0 radical (unpaired) electrons. The van der Waals surface area contributed by atoms with Gasteiger partial charge in [0.15, 0.2) is 6.61 Å². The highest BCUT2D eigenvalue weighted by molar-refractivity contribution is 9.10. The number of rotatable bonds is 6. The van der Waals surface area contributed by atoms with Crippen LogP contribution in [0.15, 0.2) is 65.1 Å². The molecule has 33 heavy (non-hydrogen) atoms. The zero-order valence-electron chi connectivity index (χ0n) is 16.9. The van der Waals surface area contributed by atoms with Crippen LogP contribution in [0.2, 0.25) is 10.0 Å². The number of anilines is 1. The molecule has 6 nitrogen and oxygen atoms in total. The molecule has 0 fully saturated rings. The second-order valence-electron chi connectivity index (χ2n) is 6.93. The molecule has 4 rings (SSSR count). The highest BCUT2D eigenvalue weighted by Crippen LogP contribution is 2.29. The number of ether oxygens (including phenoxy) is 1. The predicted molar refractivity (Wildman–Crippen MR) is 134 cm³/mol. The van der Waals surface area contributed by atoms with Gasteiger partial charge in [0.05, 0.1) is 31.1 Å². The van der Waals surface area contributed by atoms with Crippen molar-refractivity contribution >= 4 is 73.4 Å². The summed E-state index contributed by atoms with van der Waals surface area (Å²) in [7, 11) is 0. The fourth-order valence-corrected chi connectivity index (χ4v) is 3.85. The van der Waals surface area contributed by atoms with Crippen molar-refractivity contribution in [2.75, 3.05) is 11.9 Å². The summed E-state index contributed by atoms with van der Waals surface area (Å²) >= 11 is 15.3. The molecule has 0 saturated carbocycles. The SMILES string of the molecule is N#C/C(=C\c1ccc(OCC(=O)Nc2ccc(Cl)c(Cl)c2)c(Br)c1)c1nc2ccccc2[nH]1. The quantitative estimate of drug-likeness (QED) is 0.265. The molecule has 0 bridgehead atoms. The fourth-order valence-electron chi connectivity index (χ4n) is 3.04. The maximum Gasteiger partial charge on any atom is 0.262 e. The third-order valence-electron chi connectivity index (χ3n) is 4.59. The van der Waals surface area contributed by atoms with Crippen LogP contribution in [0.3, 0.4) is 0 Å². The number of nitriles is 1. The summed E-state index contributed by atoms with van der Waals surface area (Å²) in [6.07, 6.45) is 1.73. The lowest BCUT2D eigenvalue weighted by Gasteiger charge is -2.10. The Hall–Kier alpha value is -3.31. The van der Waals surface area contributed by atoms with Gasteiger partial charge < -0.3 is 15.0 Å². The number of aromatic amines is 1. The zero-order chi connectivity index (χ0) is 23.4. The minimum atomic E-state index is -0.346. The van der Waals surface area contributed by atoms with Crippen molar-refractivity contribution in [1.82, 2.24) is 9.97 Å². The van der Waals surface area contributed by atoms with Crippen LogP contribution in [0, 0.1) is 11.3 Å². The number of hydrogen-bond acceptors (Lipinski definition) is 4. The van der Waals surface area contributed by atoms with Gasteiger partial charge >= 0.3 is 0 Å². The maximum atomic E-state index is 12.2. The number of benzene rings is 3. The van der Waals surface area contributed by atoms with E-state index in [4.69, 9.17) is 27.9 Å². The van der Waals surface area contributed by atoms with Gasteiger partial charge in [-0.15, -0.1) is 0 Å². The van der Waals surface area contributed by atoms with Gasteiger partial charge in [0.2, 0.25) is 0 Å². The summed E-state index contributed by atoms with van der Waals surface area (Å²) in [6.45, 7) is -0.198. The molecule has 1 amide bonds. The Labute approximate surface area is 207 Å². The van der Waals surface area contributed by atoms with E-state index in [9.17, 15) is 10.1 Å². The van der Waals surface area contributed by atoms with Gasteiger partial charge in [-0.25, -0.2) is 4.98 Å². The first-order valence-electron chi connectivity index (χ1n) is 9.67. The number of hydrogen-bond donors (Lipinski definition) is 2. The van der Waals surface area contributed by atoms with Crippen molar-refractivity contribution in [1.29, 1.82) is 5.26 Å². The second-order valence-corrected chi connectivity index (χ2v) is 8.60. The minimum absolute atomic E-state index is 0.198. The van der Waals surface area contributed by atoms with Gasteiger partial charge in [-0.3, -0.25) is 4.79 Å². The first-order valence-corrected chi connectivity index (χ1v) is 11.2. The number of halogens is 3. The van der Waals surface area contributed by atoms with E-state index >= 15 is 0 Å². The molecule has 164 valence electrons. The lowest BCUT2D eigenvalue weighted by molar-refractivity contribution is -0.118. The van der Waals surface area contributed by atoms with Crippen LogP contribution in [-0.2, 0) is 4.79 Å². The predicted octanol–water partition coefficient (Wildman–Crippen LogP) is 6.71. The van der Waals surface area contributed by atoms with E-state index in [1.165, 1.54) is 0 Å². The van der Waals surface area contributed by atoms with Crippen LogP contribution in [0.25, 0.3) is 22.7 Å². The lowest BCUT2D eigenvalue weighted by Crippen LogP contribution is -2.20. The highest BCUT2D eigenvalue weighted by atomic mass is 79.9. The Morgan fingerprint density at radius 1 is 1.15 bits per heavy atom. The molecule has 0 unspecified atom stereocenters. The standard InChI is InChI=1S/C24H15BrCl2N4O2/c25-17-10-14(9-15(12-28)24-30-20-3-1-2-4-21(20)31-24)5-8-22(17)33-13-23(32)29-16-6-7-18(26)19(27)11-16/h1-11H,13H2,(H,29,32)(H,30,31)/b15-9+. The van der Waals surface area contributed by atoms with E-state index in [1.807, 2.05) is 24.3 Å². The van der Waals surface area contributed by atoms with Crippen LogP contribution in [0.1, 0.15) is 11.4 Å². The van der Waals surface area contributed by atoms with Gasteiger partial charge in [-0.05, 0) is 70.0 Å². The monoisotopic (exact) mass is 540 g/mol. The highest BCUT2D eigenvalue weighted by Gasteiger charge is 2.10. The van der Waals surface area contributed by atoms with E-state index in [0.29, 0.717) is 37.4 Å². The second kappa shape index (κ2) is 10.1. The smallest absolute Gasteiger partial charge is 0.262 e. The van der Waals surface area contributed by atoms with Crippen LogP contribution in [0.5, 0.6) is 5.75 Å². The summed E-state index contributed by atoms with van der Waals surface area (Å²) in [6, 6.07) is 19.9. The van der Waals surface area contributed by atoms with Crippen molar-refractivity contribution in [2.45, 2.75) is 0 Å². The molecule has 0 spiro atoms. The largest absolute Gasteiger partial charge is 0.483 e. The first kappa shape index (κ1) is 22.9. The van der Waals surface area contributed by atoms with Crippen LogP contribution in [-0.4, -0.2) is 22.5 Å². The molecule has 0 atom stereocenters. The van der Waals surface area contributed by atoms with Gasteiger partial charge in [-0.1, -0.05) is 41.4 Å². The fraction of sp³-hybridized carbons (Fsp3) is 0.0417. The third kappa shape index (κ3) is 5.55. The molecule has 0 aliphatic heterocycles. The van der Waals surface area contributed by atoms with Crippen LogP contribution >= 0.6 is 39.1 Å². The molecule has 0 aliphatic carbocycles. The normalized spacial score (nSPS) is 11.3.